The van der Waals surface area contributed by atoms with E-state index in [1.807, 2.05) is 30.3 Å². The Morgan fingerprint density at radius 2 is 1.55 bits per heavy atom. The van der Waals surface area contributed by atoms with Gasteiger partial charge in [-0.2, -0.15) is 0 Å². The van der Waals surface area contributed by atoms with Crippen LogP contribution in [0.4, 0.5) is 0 Å². The molecular formula is C17H16BO2. The van der Waals surface area contributed by atoms with Gasteiger partial charge in [0.25, 0.3) is 0 Å². The van der Waals surface area contributed by atoms with E-state index in [0.717, 1.165) is 23.6 Å². The van der Waals surface area contributed by atoms with Crippen molar-refractivity contribution in [2.24, 2.45) is 5.92 Å². The first-order valence-corrected chi connectivity index (χ1v) is 6.70. The van der Waals surface area contributed by atoms with Gasteiger partial charge in [-0.3, -0.25) is 0 Å². The van der Waals surface area contributed by atoms with Crippen LogP contribution in [0.3, 0.4) is 0 Å². The Balaban J connectivity index is 2.04. The molecule has 3 heteroatoms. The van der Waals surface area contributed by atoms with Crippen LogP contribution in [0.5, 0.6) is 0 Å². The summed E-state index contributed by atoms with van der Waals surface area (Å²) in [7, 11) is 1.50. The van der Waals surface area contributed by atoms with E-state index in [4.69, 9.17) is 0 Å². The molecule has 2 rings (SSSR count). The second kappa shape index (κ2) is 7.44. The summed E-state index contributed by atoms with van der Waals surface area (Å²) in [5.41, 5.74) is 3.46. The minimum atomic E-state index is -0.122. The minimum Gasteiger partial charge on any atom is -0.316 e. The number of hydrogen-bond donors (Lipinski definition) is 0. The molecule has 99 valence electrons. The van der Waals surface area contributed by atoms with E-state index in [-0.39, 0.29) is 5.92 Å². The molecule has 2 aromatic rings. The smallest absolute Gasteiger partial charge is 0.198 e. The van der Waals surface area contributed by atoms with Crippen molar-refractivity contribution >= 4 is 19.8 Å². The Kier molecular flexibility index (Phi) is 5.30. The summed E-state index contributed by atoms with van der Waals surface area (Å²) in [5.74, 6) is -0.122. The molecule has 0 saturated carbocycles. The maximum Gasteiger partial charge on any atom is 0.198 e. The largest absolute Gasteiger partial charge is 0.316 e. The number of rotatable bonds is 7. The van der Waals surface area contributed by atoms with Gasteiger partial charge in [-0.1, -0.05) is 60.9 Å². The van der Waals surface area contributed by atoms with Gasteiger partial charge in [0, 0.05) is 5.92 Å². The summed E-state index contributed by atoms with van der Waals surface area (Å²) in [6.45, 7) is 0. The van der Waals surface area contributed by atoms with E-state index < -0.39 is 0 Å². The number of benzene rings is 2. The van der Waals surface area contributed by atoms with Crippen molar-refractivity contribution in [1.29, 1.82) is 0 Å². The molecular weight excluding hydrogens is 247 g/mol. The van der Waals surface area contributed by atoms with Crippen LogP contribution in [-0.4, -0.2) is 19.8 Å². The highest BCUT2D eigenvalue weighted by molar-refractivity contribution is 6.66. The quantitative estimate of drug-likeness (QED) is 0.568. The fourth-order valence-electron chi connectivity index (χ4n) is 2.18. The number of aldehydes is 1. The van der Waals surface area contributed by atoms with Crippen molar-refractivity contribution in [3.05, 3.63) is 60.2 Å². The number of hydrogen-bond acceptors (Lipinski definition) is 2. The minimum absolute atomic E-state index is 0.122. The van der Waals surface area contributed by atoms with Gasteiger partial charge in [-0.25, -0.2) is 0 Å². The SMILES string of the molecule is O=C[B]C[C@@H](C=O)Cc1ccc(-c2ccccc2)cc1. The van der Waals surface area contributed by atoms with Crippen LogP contribution >= 0.6 is 0 Å². The van der Waals surface area contributed by atoms with Gasteiger partial charge in [-0.15, -0.1) is 0 Å². The first kappa shape index (κ1) is 14.3. The van der Waals surface area contributed by atoms with E-state index in [1.54, 1.807) is 0 Å². The maximum absolute atomic E-state index is 11.0. The van der Waals surface area contributed by atoms with Gasteiger partial charge < -0.3 is 9.59 Å². The third kappa shape index (κ3) is 3.92. The third-order valence-electron chi connectivity index (χ3n) is 3.29. The molecule has 0 spiro atoms. The molecule has 2 aromatic carbocycles. The molecule has 1 atom stereocenters. The van der Waals surface area contributed by atoms with Crippen molar-refractivity contribution in [3.63, 3.8) is 0 Å². The molecule has 0 fully saturated rings. The normalized spacial score (nSPS) is 11.6. The van der Waals surface area contributed by atoms with Crippen LogP contribution in [0.1, 0.15) is 5.56 Å². The maximum atomic E-state index is 11.0. The first-order valence-electron chi connectivity index (χ1n) is 6.70. The van der Waals surface area contributed by atoms with Gasteiger partial charge >= 0.3 is 0 Å². The standard InChI is InChI=1S/C17H16BO2/c19-12-15(11-18-13-20)10-14-6-8-17(9-7-14)16-4-2-1-3-5-16/h1-9,12-13,15H,10-11H2/t15-/m0/s1. The summed E-state index contributed by atoms with van der Waals surface area (Å²) in [6, 6.07) is 18.4. The Morgan fingerprint density at radius 3 is 2.15 bits per heavy atom. The van der Waals surface area contributed by atoms with Crippen LogP contribution in [0.2, 0.25) is 6.32 Å². The van der Waals surface area contributed by atoms with Crippen molar-refractivity contribution in [1.82, 2.24) is 0 Å². The van der Waals surface area contributed by atoms with Gasteiger partial charge in [0.15, 0.2) is 7.28 Å². The van der Waals surface area contributed by atoms with Crippen LogP contribution in [-0.2, 0) is 16.0 Å². The summed E-state index contributed by atoms with van der Waals surface area (Å²) in [5, 5.41) is 0. The molecule has 0 N–H and O–H groups in total. The molecule has 0 aliphatic rings. The molecule has 0 aliphatic carbocycles. The van der Waals surface area contributed by atoms with E-state index in [9.17, 15) is 9.59 Å². The molecule has 0 saturated heterocycles. The lowest BCUT2D eigenvalue weighted by molar-refractivity contribution is -0.110. The number of carbonyl (C=O) groups is 2. The van der Waals surface area contributed by atoms with Crippen molar-refractivity contribution in [2.75, 3.05) is 0 Å². The highest BCUT2D eigenvalue weighted by atomic mass is 16.1. The molecule has 0 aliphatic heterocycles. The Hall–Kier alpha value is -2.16. The molecule has 0 unspecified atom stereocenters. The van der Waals surface area contributed by atoms with Crippen LogP contribution in [0.15, 0.2) is 54.6 Å². The van der Waals surface area contributed by atoms with E-state index in [0.29, 0.717) is 12.7 Å². The topological polar surface area (TPSA) is 34.1 Å². The van der Waals surface area contributed by atoms with Crippen molar-refractivity contribution in [2.45, 2.75) is 12.7 Å². The third-order valence-corrected chi connectivity index (χ3v) is 3.29. The summed E-state index contributed by atoms with van der Waals surface area (Å²) < 4.78 is 0. The van der Waals surface area contributed by atoms with Gasteiger partial charge in [0.1, 0.15) is 6.29 Å². The van der Waals surface area contributed by atoms with E-state index in [1.165, 1.54) is 12.8 Å². The fraction of sp³-hybridized carbons (Fsp3) is 0.176. The zero-order valence-corrected chi connectivity index (χ0v) is 11.2. The highest BCUT2D eigenvalue weighted by Crippen LogP contribution is 2.20. The predicted molar refractivity (Wildman–Crippen MR) is 82.4 cm³/mol. The van der Waals surface area contributed by atoms with Gasteiger partial charge in [-0.05, 0) is 23.1 Å². The summed E-state index contributed by atoms with van der Waals surface area (Å²) in [6.07, 6.45) is 2.84. The fourth-order valence-corrected chi connectivity index (χ4v) is 2.18. The molecule has 2 nitrogen and oxygen atoms in total. The summed E-state index contributed by atoms with van der Waals surface area (Å²) >= 11 is 0. The molecule has 0 bridgehead atoms. The second-order valence-corrected chi connectivity index (χ2v) is 4.77. The zero-order valence-electron chi connectivity index (χ0n) is 11.2. The molecule has 20 heavy (non-hydrogen) atoms. The lowest BCUT2D eigenvalue weighted by Gasteiger charge is -2.09. The van der Waals surface area contributed by atoms with Crippen LogP contribution in [0.25, 0.3) is 11.1 Å². The zero-order chi connectivity index (χ0) is 14.2. The Bertz CT molecular complexity index is 549. The molecule has 0 amide bonds. The Labute approximate surface area is 120 Å². The lowest BCUT2D eigenvalue weighted by atomic mass is 9.70. The van der Waals surface area contributed by atoms with E-state index in [2.05, 4.69) is 24.3 Å². The predicted octanol–water partition coefficient (Wildman–Crippen LogP) is 3.02. The van der Waals surface area contributed by atoms with Crippen LogP contribution < -0.4 is 0 Å². The van der Waals surface area contributed by atoms with E-state index >= 15 is 0 Å². The number of carbonyl (C=O) groups excluding carboxylic acids is 2. The van der Waals surface area contributed by atoms with Gasteiger partial charge in [0.05, 0.1) is 6.19 Å². The monoisotopic (exact) mass is 263 g/mol. The average Bonchev–Trinajstić information content (AvgIpc) is 2.53. The highest BCUT2D eigenvalue weighted by Gasteiger charge is 2.09. The lowest BCUT2D eigenvalue weighted by Crippen LogP contribution is -2.09. The first-order chi connectivity index (χ1) is 9.83. The van der Waals surface area contributed by atoms with Crippen LogP contribution in [0, 0.1) is 5.92 Å². The molecule has 1 radical (unpaired) electrons. The van der Waals surface area contributed by atoms with Crippen molar-refractivity contribution < 1.29 is 9.59 Å². The summed E-state index contributed by atoms with van der Waals surface area (Å²) in [4.78, 5) is 21.3. The molecule has 0 heterocycles. The average molecular weight is 263 g/mol. The molecule has 0 aromatic heterocycles. The van der Waals surface area contributed by atoms with Gasteiger partial charge in [0.2, 0.25) is 0 Å². The Morgan fingerprint density at radius 1 is 0.900 bits per heavy atom. The second-order valence-electron chi connectivity index (χ2n) is 4.77. The van der Waals surface area contributed by atoms with Crippen molar-refractivity contribution in [3.8, 4) is 11.1 Å².